The second-order valence-electron chi connectivity index (χ2n) is 8.26. The van der Waals surface area contributed by atoms with Gasteiger partial charge in [0.2, 0.25) is 11.8 Å². The van der Waals surface area contributed by atoms with Crippen LogP contribution in [0, 0.1) is 29.9 Å². The summed E-state index contributed by atoms with van der Waals surface area (Å²) < 4.78 is 0. The van der Waals surface area contributed by atoms with Crippen LogP contribution >= 0.6 is 0 Å². The minimum absolute atomic E-state index is 0.00822. The monoisotopic (exact) mass is 422 g/mol. The lowest BCUT2D eigenvalue weighted by Crippen LogP contribution is -2.50. The molecule has 0 bridgehead atoms. The molecule has 2 amide bonds. The molecule has 31 heavy (non-hydrogen) atoms. The average Bonchev–Trinajstić information content (AvgIpc) is 3.17. The van der Waals surface area contributed by atoms with Gasteiger partial charge in [0.05, 0.1) is 10.8 Å². The molecule has 1 unspecified atom stereocenters. The summed E-state index contributed by atoms with van der Waals surface area (Å²) in [6.07, 6.45) is 0.244. The van der Waals surface area contributed by atoms with Crippen molar-refractivity contribution in [3.05, 3.63) is 63.7 Å². The molecule has 2 aromatic rings. The van der Waals surface area contributed by atoms with Crippen molar-refractivity contribution in [2.24, 2.45) is 5.92 Å². The maximum Gasteiger partial charge on any atom is 0.269 e. The van der Waals surface area contributed by atoms with Crippen LogP contribution in [0.1, 0.15) is 17.5 Å². The van der Waals surface area contributed by atoms with Crippen molar-refractivity contribution in [3.63, 3.8) is 0 Å². The normalized spacial score (nSPS) is 19.1. The third-order valence-corrected chi connectivity index (χ3v) is 6.29. The first-order valence-corrected chi connectivity index (χ1v) is 10.5. The first-order chi connectivity index (χ1) is 14.8. The van der Waals surface area contributed by atoms with Crippen LogP contribution in [0.25, 0.3) is 0 Å². The number of nitro groups is 1. The molecule has 0 radical (unpaired) electrons. The van der Waals surface area contributed by atoms with Gasteiger partial charge in [0.25, 0.3) is 5.69 Å². The van der Waals surface area contributed by atoms with E-state index >= 15 is 0 Å². The molecule has 4 rings (SSSR count). The Labute approximate surface area is 181 Å². The molecule has 8 heteroatoms. The average molecular weight is 422 g/mol. The molecule has 2 fully saturated rings. The van der Waals surface area contributed by atoms with Gasteiger partial charge in [-0.1, -0.05) is 6.07 Å². The molecule has 2 aliphatic rings. The van der Waals surface area contributed by atoms with Crippen molar-refractivity contribution in [2.45, 2.75) is 20.3 Å². The Kier molecular flexibility index (Phi) is 5.63. The number of piperazine rings is 1. The van der Waals surface area contributed by atoms with E-state index in [-0.39, 0.29) is 29.8 Å². The number of benzene rings is 2. The fourth-order valence-electron chi connectivity index (χ4n) is 4.24. The summed E-state index contributed by atoms with van der Waals surface area (Å²) in [5.41, 5.74) is 4.13. The Morgan fingerprint density at radius 1 is 0.968 bits per heavy atom. The first-order valence-electron chi connectivity index (χ1n) is 10.5. The van der Waals surface area contributed by atoms with E-state index in [4.69, 9.17) is 0 Å². The standard InChI is InChI=1S/C23H26N4O4/c1-16-3-4-21(13-17(16)2)26-15-18(14-22(26)28)23(29)25-11-9-24(10-12-25)19-5-7-20(8-6-19)27(30)31/h3-8,13,18H,9-12,14-15H2,1-2H3. The van der Waals surface area contributed by atoms with Gasteiger partial charge in [-0.3, -0.25) is 19.7 Å². The lowest BCUT2D eigenvalue weighted by atomic mass is 10.1. The summed E-state index contributed by atoms with van der Waals surface area (Å²) in [7, 11) is 0. The second-order valence-corrected chi connectivity index (χ2v) is 8.26. The summed E-state index contributed by atoms with van der Waals surface area (Å²) in [5, 5.41) is 10.8. The molecule has 0 N–H and O–H groups in total. The molecule has 0 spiro atoms. The summed E-state index contributed by atoms with van der Waals surface area (Å²) >= 11 is 0. The Morgan fingerprint density at radius 3 is 2.23 bits per heavy atom. The predicted molar refractivity (Wildman–Crippen MR) is 118 cm³/mol. The molecule has 0 saturated carbocycles. The van der Waals surface area contributed by atoms with Gasteiger partial charge in [-0.2, -0.15) is 0 Å². The quantitative estimate of drug-likeness (QED) is 0.559. The highest BCUT2D eigenvalue weighted by Crippen LogP contribution is 2.28. The molecule has 1 atom stereocenters. The van der Waals surface area contributed by atoms with Crippen molar-refractivity contribution in [1.29, 1.82) is 0 Å². The number of amides is 2. The van der Waals surface area contributed by atoms with E-state index in [1.807, 2.05) is 36.9 Å². The van der Waals surface area contributed by atoms with Gasteiger partial charge in [0.15, 0.2) is 0 Å². The first kappa shape index (κ1) is 20.8. The summed E-state index contributed by atoms with van der Waals surface area (Å²) in [6, 6.07) is 12.4. The van der Waals surface area contributed by atoms with Gasteiger partial charge < -0.3 is 14.7 Å². The predicted octanol–water partition coefficient (Wildman–Crippen LogP) is 2.91. The number of carbonyl (C=O) groups excluding carboxylic acids is 2. The molecule has 0 aromatic heterocycles. The number of non-ortho nitro benzene ring substituents is 1. The Balaban J connectivity index is 1.36. The second kappa shape index (κ2) is 8.37. The fourth-order valence-corrected chi connectivity index (χ4v) is 4.24. The molecule has 2 saturated heterocycles. The zero-order chi connectivity index (χ0) is 22.1. The van der Waals surface area contributed by atoms with Crippen molar-refractivity contribution in [1.82, 2.24) is 4.90 Å². The van der Waals surface area contributed by atoms with Crippen LogP contribution in [0.3, 0.4) is 0 Å². The zero-order valence-electron chi connectivity index (χ0n) is 17.8. The Morgan fingerprint density at radius 2 is 1.61 bits per heavy atom. The number of carbonyl (C=O) groups is 2. The van der Waals surface area contributed by atoms with Gasteiger partial charge >= 0.3 is 0 Å². The van der Waals surface area contributed by atoms with Crippen molar-refractivity contribution in [2.75, 3.05) is 42.5 Å². The number of hydrogen-bond acceptors (Lipinski definition) is 5. The van der Waals surface area contributed by atoms with Gasteiger partial charge in [0, 0.05) is 62.7 Å². The largest absolute Gasteiger partial charge is 0.368 e. The van der Waals surface area contributed by atoms with E-state index in [9.17, 15) is 19.7 Å². The molecule has 8 nitrogen and oxygen atoms in total. The molecule has 2 aliphatic heterocycles. The van der Waals surface area contributed by atoms with Crippen LogP contribution in [-0.4, -0.2) is 54.4 Å². The summed E-state index contributed by atoms with van der Waals surface area (Å²) in [5.74, 6) is -0.297. The van der Waals surface area contributed by atoms with E-state index < -0.39 is 4.92 Å². The van der Waals surface area contributed by atoms with Crippen LogP contribution in [-0.2, 0) is 9.59 Å². The van der Waals surface area contributed by atoms with Gasteiger partial charge in [-0.15, -0.1) is 0 Å². The van der Waals surface area contributed by atoms with Crippen LogP contribution in [0.5, 0.6) is 0 Å². The van der Waals surface area contributed by atoms with E-state index in [2.05, 4.69) is 4.90 Å². The van der Waals surface area contributed by atoms with Crippen LogP contribution in [0.15, 0.2) is 42.5 Å². The van der Waals surface area contributed by atoms with Crippen molar-refractivity contribution >= 4 is 28.9 Å². The van der Waals surface area contributed by atoms with E-state index in [1.165, 1.54) is 17.7 Å². The van der Waals surface area contributed by atoms with Crippen LogP contribution in [0.4, 0.5) is 17.1 Å². The summed E-state index contributed by atoms with van der Waals surface area (Å²) in [6.45, 7) is 6.94. The highest BCUT2D eigenvalue weighted by atomic mass is 16.6. The third-order valence-electron chi connectivity index (χ3n) is 6.29. The fraction of sp³-hybridized carbons (Fsp3) is 0.391. The minimum Gasteiger partial charge on any atom is -0.368 e. The number of aryl methyl sites for hydroxylation is 2. The van der Waals surface area contributed by atoms with Crippen molar-refractivity contribution in [3.8, 4) is 0 Å². The third kappa shape index (κ3) is 4.23. The van der Waals surface area contributed by atoms with Crippen LogP contribution < -0.4 is 9.80 Å². The molecule has 2 aromatic carbocycles. The molecule has 162 valence electrons. The molecular formula is C23H26N4O4. The Hall–Kier alpha value is -3.42. The number of nitro benzene ring substituents is 1. The zero-order valence-corrected chi connectivity index (χ0v) is 17.8. The van der Waals surface area contributed by atoms with Gasteiger partial charge in [0.1, 0.15) is 0 Å². The SMILES string of the molecule is Cc1ccc(N2CC(C(=O)N3CCN(c4ccc([N+](=O)[O-])cc4)CC3)CC2=O)cc1C. The maximum atomic E-state index is 13.1. The number of hydrogen-bond donors (Lipinski definition) is 0. The topological polar surface area (TPSA) is 87.0 Å². The van der Waals surface area contributed by atoms with Gasteiger partial charge in [-0.25, -0.2) is 0 Å². The molecule has 2 heterocycles. The highest BCUT2D eigenvalue weighted by Gasteiger charge is 2.38. The van der Waals surface area contributed by atoms with E-state index in [0.717, 1.165) is 16.9 Å². The maximum absolute atomic E-state index is 13.1. The number of anilines is 2. The molecular weight excluding hydrogens is 396 g/mol. The lowest BCUT2D eigenvalue weighted by Gasteiger charge is -2.37. The number of nitrogens with zero attached hydrogens (tertiary/aromatic N) is 4. The van der Waals surface area contributed by atoms with Gasteiger partial charge in [-0.05, 0) is 49.2 Å². The minimum atomic E-state index is -0.412. The van der Waals surface area contributed by atoms with Crippen molar-refractivity contribution < 1.29 is 14.5 Å². The molecule has 0 aliphatic carbocycles. The lowest BCUT2D eigenvalue weighted by molar-refractivity contribution is -0.384. The van der Waals surface area contributed by atoms with E-state index in [1.54, 1.807) is 17.0 Å². The van der Waals surface area contributed by atoms with E-state index in [0.29, 0.717) is 32.7 Å². The smallest absolute Gasteiger partial charge is 0.269 e. The Bertz CT molecular complexity index is 1010. The summed E-state index contributed by atoms with van der Waals surface area (Å²) in [4.78, 5) is 41.7. The number of rotatable bonds is 4. The van der Waals surface area contributed by atoms with Crippen LogP contribution in [0.2, 0.25) is 0 Å². The highest BCUT2D eigenvalue weighted by molar-refractivity contribution is 6.00.